The molecule has 0 radical (unpaired) electrons. The summed E-state index contributed by atoms with van der Waals surface area (Å²) in [5.74, 6) is -0.391. The van der Waals surface area contributed by atoms with Crippen LogP contribution in [0.5, 0.6) is 0 Å². The standard InChI is InChI=1S/C20H16N4O4/c25-19(14-6-12-18(13-7-14)24(27)28)21-16-8-10-17(11-9-16)23-20(26)22-15-4-2-1-3-5-15/h1-13H,(H,21,25)(H2,22,23,26). The lowest BCUT2D eigenvalue weighted by Crippen LogP contribution is -2.19. The van der Waals surface area contributed by atoms with E-state index in [9.17, 15) is 19.7 Å². The van der Waals surface area contributed by atoms with Crippen molar-refractivity contribution in [1.82, 2.24) is 0 Å². The summed E-state index contributed by atoms with van der Waals surface area (Å²) in [6, 6.07) is 20.5. The highest BCUT2D eigenvalue weighted by atomic mass is 16.6. The second-order valence-corrected chi connectivity index (χ2v) is 5.78. The van der Waals surface area contributed by atoms with Gasteiger partial charge in [-0.05, 0) is 48.5 Å². The fourth-order valence-corrected chi connectivity index (χ4v) is 2.39. The SMILES string of the molecule is O=C(Nc1ccccc1)Nc1ccc(NC(=O)c2ccc([N+](=O)[O-])cc2)cc1. The van der Waals surface area contributed by atoms with Crippen molar-refractivity contribution in [3.8, 4) is 0 Å². The highest BCUT2D eigenvalue weighted by Gasteiger charge is 2.10. The van der Waals surface area contributed by atoms with Crippen molar-refractivity contribution in [2.45, 2.75) is 0 Å². The lowest BCUT2D eigenvalue weighted by Gasteiger charge is -2.09. The van der Waals surface area contributed by atoms with Crippen molar-refractivity contribution in [2.24, 2.45) is 0 Å². The summed E-state index contributed by atoms with van der Waals surface area (Å²) in [7, 11) is 0. The Morgan fingerprint density at radius 2 is 1.18 bits per heavy atom. The van der Waals surface area contributed by atoms with Crippen LogP contribution in [-0.4, -0.2) is 16.9 Å². The number of nitrogens with zero attached hydrogens (tertiary/aromatic N) is 1. The first kappa shape index (κ1) is 18.6. The van der Waals surface area contributed by atoms with E-state index < -0.39 is 10.8 Å². The Morgan fingerprint density at radius 1 is 0.679 bits per heavy atom. The van der Waals surface area contributed by atoms with Gasteiger partial charge in [-0.3, -0.25) is 14.9 Å². The van der Waals surface area contributed by atoms with E-state index in [2.05, 4.69) is 16.0 Å². The molecule has 0 fully saturated rings. The van der Waals surface area contributed by atoms with E-state index in [1.165, 1.54) is 24.3 Å². The van der Waals surface area contributed by atoms with E-state index in [0.29, 0.717) is 22.6 Å². The van der Waals surface area contributed by atoms with E-state index in [1.54, 1.807) is 36.4 Å². The molecule has 8 nitrogen and oxygen atoms in total. The second kappa shape index (κ2) is 8.45. The smallest absolute Gasteiger partial charge is 0.322 e. The van der Waals surface area contributed by atoms with Crippen LogP contribution in [0.1, 0.15) is 10.4 Å². The number of non-ortho nitro benzene ring substituents is 1. The Kier molecular flexibility index (Phi) is 5.61. The minimum absolute atomic E-state index is 0.0826. The van der Waals surface area contributed by atoms with Crippen LogP contribution in [0.25, 0.3) is 0 Å². The molecule has 3 aromatic carbocycles. The summed E-state index contributed by atoms with van der Waals surface area (Å²) >= 11 is 0. The molecule has 0 bridgehead atoms. The molecule has 3 aromatic rings. The van der Waals surface area contributed by atoms with Crippen LogP contribution in [0, 0.1) is 10.1 Å². The number of urea groups is 1. The number of hydrogen-bond donors (Lipinski definition) is 3. The quantitative estimate of drug-likeness (QED) is 0.450. The molecule has 8 heteroatoms. The van der Waals surface area contributed by atoms with Gasteiger partial charge in [0.15, 0.2) is 0 Å². The van der Waals surface area contributed by atoms with Crippen LogP contribution in [-0.2, 0) is 0 Å². The van der Waals surface area contributed by atoms with E-state index >= 15 is 0 Å². The van der Waals surface area contributed by atoms with Gasteiger partial charge in [0.1, 0.15) is 0 Å². The Morgan fingerprint density at radius 3 is 1.71 bits per heavy atom. The maximum atomic E-state index is 12.2. The minimum atomic E-state index is -0.526. The first-order chi connectivity index (χ1) is 13.5. The van der Waals surface area contributed by atoms with Crippen LogP contribution in [0.3, 0.4) is 0 Å². The van der Waals surface area contributed by atoms with Gasteiger partial charge < -0.3 is 16.0 Å². The van der Waals surface area contributed by atoms with E-state index in [1.807, 2.05) is 18.2 Å². The number of nitro benzene ring substituents is 1. The zero-order chi connectivity index (χ0) is 19.9. The second-order valence-electron chi connectivity index (χ2n) is 5.78. The van der Waals surface area contributed by atoms with Gasteiger partial charge in [0.25, 0.3) is 11.6 Å². The molecule has 0 spiro atoms. The van der Waals surface area contributed by atoms with Gasteiger partial charge in [0.05, 0.1) is 4.92 Å². The van der Waals surface area contributed by atoms with Crippen molar-refractivity contribution < 1.29 is 14.5 Å². The van der Waals surface area contributed by atoms with Crippen molar-refractivity contribution in [1.29, 1.82) is 0 Å². The fraction of sp³-hybridized carbons (Fsp3) is 0. The molecule has 0 unspecified atom stereocenters. The monoisotopic (exact) mass is 376 g/mol. The van der Waals surface area contributed by atoms with Gasteiger partial charge in [-0.2, -0.15) is 0 Å². The molecular weight excluding hydrogens is 360 g/mol. The molecule has 0 aliphatic carbocycles. The average molecular weight is 376 g/mol. The van der Waals surface area contributed by atoms with E-state index in [0.717, 1.165) is 0 Å². The maximum absolute atomic E-state index is 12.2. The summed E-state index contributed by atoms with van der Waals surface area (Å²) in [6.45, 7) is 0. The van der Waals surface area contributed by atoms with E-state index in [-0.39, 0.29) is 11.7 Å². The maximum Gasteiger partial charge on any atom is 0.323 e. The normalized spacial score (nSPS) is 10.0. The zero-order valence-corrected chi connectivity index (χ0v) is 14.6. The van der Waals surface area contributed by atoms with Crippen molar-refractivity contribution in [3.63, 3.8) is 0 Å². The number of benzene rings is 3. The summed E-state index contributed by atoms with van der Waals surface area (Å²) < 4.78 is 0. The van der Waals surface area contributed by atoms with Crippen molar-refractivity contribution in [3.05, 3.63) is 94.5 Å². The van der Waals surface area contributed by atoms with Gasteiger partial charge in [-0.25, -0.2) is 4.79 Å². The van der Waals surface area contributed by atoms with Crippen molar-refractivity contribution in [2.75, 3.05) is 16.0 Å². The predicted octanol–water partition coefficient (Wildman–Crippen LogP) is 4.49. The van der Waals surface area contributed by atoms with Crippen LogP contribution in [0.4, 0.5) is 27.5 Å². The predicted molar refractivity (Wildman–Crippen MR) is 107 cm³/mol. The van der Waals surface area contributed by atoms with Crippen LogP contribution in [0.2, 0.25) is 0 Å². The van der Waals surface area contributed by atoms with E-state index in [4.69, 9.17) is 0 Å². The first-order valence-electron chi connectivity index (χ1n) is 8.30. The summed E-state index contributed by atoms with van der Waals surface area (Å²) in [6.07, 6.45) is 0. The molecule has 28 heavy (non-hydrogen) atoms. The highest BCUT2D eigenvalue weighted by molar-refractivity contribution is 6.04. The van der Waals surface area contributed by atoms with Gasteiger partial charge in [0, 0.05) is 34.8 Å². The number of hydrogen-bond acceptors (Lipinski definition) is 4. The van der Waals surface area contributed by atoms with Crippen LogP contribution >= 0.6 is 0 Å². The number of rotatable bonds is 5. The number of amides is 3. The Hall–Kier alpha value is -4.20. The molecule has 3 N–H and O–H groups in total. The largest absolute Gasteiger partial charge is 0.323 e. The number of nitro groups is 1. The third kappa shape index (κ3) is 4.92. The molecule has 0 heterocycles. The zero-order valence-electron chi connectivity index (χ0n) is 14.6. The fourth-order valence-electron chi connectivity index (χ4n) is 2.39. The molecule has 140 valence electrons. The van der Waals surface area contributed by atoms with Gasteiger partial charge >= 0.3 is 6.03 Å². The molecule has 3 rings (SSSR count). The third-order valence-electron chi connectivity index (χ3n) is 3.77. The molecule has 0 saturated carbocycles. The molecule has 0 atom stereocenters. The number of para-hydroxylation sites is 1. The summed E-state index contributed by atoms with van der Waals surface area (Å²) in [5.41, 5.74) is 1.97. The molecular formula is C20H16N4O4. The molecule has 0 saturated heterocycles. The third-order valence-corrected chi connectivity index (χ3v) is 3.77. The Bertz CT molecular complexity index is 987. The Balaban J connectivity index is 1.57. The van der Waals surface area contributed by atoms with Gasteiger partial charge in [-0.15, -0.1) is 0 Å². The summed E-state index contributed by atoms with van der Waals surface area (Å²) in [5, 5.41) is 18.7. The number of nitrogens with one attached hydrogen (secondary N) is 3. The Labute approximate surface area is 160 Å². The highest BCUT2D eigenvalue weighted by Crippen LogP contribution is 2.17. The molecule has 0 aliphatic heterocycles. The lowest BCUT2D eigenvalue weighted by molar-refractivity contribution is -0.384. The van der Waals surface area contributed by atoms with Crippen LogP contribution < -0.4 is 16.0 Å². The first-order valence-corrected chi connectivity index (χ1v) is 8.30. The van der Waals surface area contributed by atoms with Gasteiger partial charge in [0.2, 0.25) is 0 Å². The number of carbonyl (C=O) groups excluding carboxylic acids is 2. The molecule has 0 aromatic heterocycles. The topological polar surface area (TPSA) is 113 Å². The molecule has 3 amide bonds. The van der Waals surface area contributed by atoms with Crippen LogP contribution in [0.15, 0.2) is 78.9 Å². The summed E-state index contributed by atoms with van der Waals surface area (Å²) in [4.78, 5) is 34.3. The number of carbonyl (C=O) groups is 2. The molecule has 0 aliphatic rings. The average Bonchev–Trinajstić information content (AvgIpc) is 2.70. The lowest BCUT2D eigenvalue weighted by atomic mass is 10.2. The number of anilines is 3. The van der Waals surface area contributed by atoms with Gasteiger partial charge in [-0.1, -0.05) is 18.2 Å². The minimum Gasteiger partial charge on any atom is -0.322 e. The van der Waals surface area contributed by atoms with Crippen molar-refractivity contribution >= 4 is 34.7 Å².